The molecule has 6 rings (SSSR count). The summed E-state index contributed by atoms with van der Waals surface area (Å²) in [6.45, 7) is 4.44. The van der Waals surface area contributed by atoms with E-state index in [0.717, 1.165) is 48.6 Å². The Labute approximate surface area is 153 Å². The summed E-state index contributed by atoms with van der Waals surface area (Å²) in [5, 5.41) is 12.1. The Bertz CT molecular complexity index is 869. The molecular formula is C22H26N2O2. The second-order valence-corrected chi connectivity index (χ2v) is 8.86. The molecule has 1 heterocycles. The maximum atomic E-state index is 13.6. The molecule has 4 saturated carbocycles. The first-order chi connectivity index (χ1) is 12.5. The van der Waals surface area contributed by atoms with E-state index in [1.807, 2.05) is 41.4 Å². The van der Waals surface area contributed by atoms with Gasteiger partial charge in [0.2, 0.25) is 0 Å². The molecule has 4 nitrogen and oxygen atoms in total. The van der Waals surface area contributed by atoms with Crippen LogP contribution in [0.3, 0.4) is 0 Å². The molecule has 4 bridgehead atoms. The number of carbonyl (C=O) groups excluding carboxylic acids is 1. The highest BCUT2D eigenvalue weighted by atomic mass is 16.3. The van der Waals surface area contributed by atoms with Gasteiger partial charge in [0, 0.05) is 29.2 Å². The van der Waals surface area contributed by atoms with E-state index in [9.17, 15) is 9.90 Å². The SMILES string of the molecule is C=CCN(C(=O)c1c[nH]c2ccccc12)C12CC3CC(CC(O)(C3)C1)C2. The highest BCUT2D eigenvalue weighted by molar-refractivity contribution is 6.07. The van der Waals surface area contributed by atoms with Gasteiger partial charge in [-0.25, -0.2) is 0 Å². The van der Waals surface area contributed by atoms with Gasteiger partial charge < -0.3 is 15.0 Å². The number of hydrogen-bond donors (Lipinski definition) is 2. The molecule has 0 spiro atoms. The summed E-state index contributed by atoms with van der Waals surface area (Å²) in [4.78, 5) is 18.9. The summed E-state index contributed by atoms with van der Waals surface area (Å²) in [5.74, 6) is 1.15. The van der Waals surface area contributed by atoms with E-state index in [4.69, 9.17) is 0 Å². The zero-order chi connectivity index (χ0) is 17.9. The number of aromatic nitrogens is 1. The van der Waals surface area contributed by atoms with Crippen molar-refractivity contribution in [3.05, 3.63) is 48.7 Å². The van der Waals surface area contributed by atoms with Crippen LogP contribution in [0.25, 0.3) is 10.9 Å². The smallest absolute Gasteiger partial charge is 0.256 e. The molecule has 0 aliphatic heterocycles. The third-order valence-corrected chi connectivity index (χ3v) is 6.95. The summed E-state index contributed by atoms with van der Waals surface area (Å²) in [6, 6.07) is 7.94. The Morgan fingerprint density at radius 1 is 1.27 bits per heavy atom. The lowest BCUT2D eigenvalue weighted by atomic mass is 9.50. The van der Waals surface area contributed by atoms with Crippen LogP contribution in [-0.4, -0.2) is 38.6 Å². The van der Waals surface area contributed by atoms with Crippen molar-refractivity contribution in [2.24, 2.45) is 11.8 Å². The highest BCUT2D eigenvalue weighted by Crippen LogP contribution is 2.59. The highest BCUT2D eigenvalue weighted by Gasteiger charge is 2.60. The molecule has 4 aliphatic carbocycles. The molecule has 2 unspecified atom stereocenters. The minimum atomic E-state index is -0.579. The van der Waals surface area contributed by atoms with Gasteiger partial charge in [0.15, 0.2) is 0 Å². The van der Waals surface area contributed by atoms with Gasteiger partial charge in [-0.15, -0.1) is 6.58 Å². The van der Waals surface area contributed by atoms with Crippen molar-refractivity contribution in [3.63, 3.8) is 0 Å². The number of fused-ring (bicyclic) bond motifs is 1. The van der Waals surface area contributed by atoms with Crippen LogP contribution in [-0.2, 0) is 0 Å². The second-order valence-electron chi connectivity index (χ2n) is 8.86. The lowest BCUT2D eigenvalue weighted by Gasteiger charge is -2.63. The van der Waals surface area contributed by atoms with Crippen LogP contribution in [0.2, 0.25) is 0 Å². The van der Waals surface area contributed by atoms with Crippen molar-refractivity contribution in [1.82, 2.24) is 9.88 Å². The van der Waals surface area contributed by atoms with E-state index in [2.05, 4.69) is 11.6 Å². The number of H-pyrrole nitrogens is 1. The number of nitrogens with zero attached hydrogens (tertiary/aromatic N) is 1. The van der Waals surface area contributed by atoms with Crippen molar-refractivity contribution in [1.29, 1.82) is 0 Å². The van der Waals surface area contributed by atoms with Gasteiger partial charge in [-0.3, -0.25) is 4.79 Å². The standard InChI is InChI=1S/C22H26N2O2/c1-2-7-24(20(25)18-13-23-19-6-4-3-5-17(18)19)21-9-15-8-16(10-21)12-22(26,11-15)14-21/h2-6,13,15-16,23,26H,1,7-12,14H2. The topological polar surface area (TPSA) is 56.3 Å². The number of nitrogens with one attached hydrogen (secondary N) is 1. The Morgan fingerprint density at radius 3 is 2.69 bits per heavy atom. The normalized spacial score (nSPS) is 35.0. The monoisotopic (exact) mass is 350 g/mol. The fourth-order valence-electron chi connectivity index (χ4n) is 6.50. The minimum Gasteiger partial charge on any atom is -0.390 e. The molecule has 4 fully saturated rings. The van der Waals surface area contributed by atoms with E-state index in [-0.39, 0.29) is 11.4 Å². The predicted octanol–water partition coefficient (Wildman–Crippen LogP) is 3.88. The lowest BCUT2D eigenvalue weighted by molar-refractivity contribution is -0.165. The zero-order valence-corrected chi connectivity index (χ0v) is 15.1. The first-order valence-corrected chi connectivity index (χ1v) is 9.73. The number of aromatic amines is 1. The van der Waals surface area contributed by atoms with Crippen LogP contribution in [0.15, 0.2) is 43.1 Å². The summed E-state index contributed by atoms with van der Waals surface area (Å²) in [6.07, 6.45) is 9.46. The molecule has 1 aromatic carbocycles. The average Bonchev–Trinajstić information content (AvgIpc) is 3.01. The van der Waals surface area contributed by atoms with Gasteiger partial charge in [-0.1, -0.05) is 24.3 Å². The third kappa shape index (κ3) is 2.28. The molecule has 136 valence electrons. The maximum absolute atomic E-state index is 13.6. The number of hydrogen-bond acceptors (Lipinski definition) is 2. The fraction of sp³-hybridized carbons (Fsp3) is 0.500. The molecule has 0 radical (unpaired) electrons. The molecule has 2 aromatic rings. The van der Waals surface area contributed by atoms with Crippen molar-refractivity contribution >= 4 is 16.8 Å². The molecule has 2 atom stereocenters. The van der Waals surface area contributed by atoms with Gasteiger partial charge in [-0.05, 0) is 56.4 Å². The molecule has 1 amide bonds. The predicted molar refractivity (Wildman–Crippen MR) is 102 cm³/mol. The number of amides is 1. The fourth-order valence-corrected chi connectivity index (χ4v) is 6.50. The third-order valence-electron chi connectivity index (χ3n) is 6.95. The Hall–Kier alpha value is -2.07. The van der Waals surface area contributed by atoms with Crippen LogP contribution in [0, 0.1) is 11.8 Å². The van der Waals surface area contributed by atoms with Crippen LogP contribution in [0.4, 0.5) is 0 Å². The van der Waals surface area contributed by atoms with Gasteiger partial charge >= 0.3 is 0 Å². The molecule has 4 heteroatoms. The average molecular weight is 350 g/mol. The van der Waals surface area contributed by atoms with Crippen molar-refractivity contribution in [2.45, 2.75) is 49.7 Å². The number of para-hydroxylation sites is 1. The summed E-state index contributed by atoms with van der Waals surface area (Å²) < 4.78 is 0. The van der Waals surface area contributed by atoms with E-state index in [0.29, 0.717) is 18.4 Å². The summed E-state index contributed by atoms with van der Waals surface area (Å²) >= 11 is 0. The second kappa shape index (κ2) is 5.46. The van der Waals surface area contributed by atoms with E-state index < -0.39 is 5.60 Å². The number of benzene rings is 1. The zero-order valence-electron chi connectivity index (χ0n) is 15.1. The van der Waals surface area contributed by atoms with E-state index >= 15 is 0 Å². The van der Waals surface area contributed by atoms with Crippen molar-refractivity contribution in [2.75, 3.05) is 6.54 Å². The summed E-state index contributed by atoms with van der Waals surface area (Å²) in [5.41, 5.74) is 0.913. The number of rotatable bonds is 4. The van der Waals surface area contributed by atoms with E-state index in [1.54, 1.807) is 0 Å². The Balaban J connectivity index is 1.56. The molecule has 1 aromatic heterocycles. The molecular weight excluding hydrogens is 324 g/mol. The number of carbonyl (C=O) groups is 1. The summed E-state index contributed by atoms with van der Waals surface area (Å²) in [7, 11) is 0. The van der Waals surface area contributed by atoms with Crippen LogP contribution in [0.5, 0.6) is 0 Å². The molecule has 4 aliphatic rings. The van der Waals surface area contributed by atoms with Gasteiger partial charge in [0.05, 0.1) is 11.2 Å². The Morgan fingerprint density at radius 2 is 2.00 bits per heavy atom. The first-order valence-electron chi connectivity index (χ1n) is 9.73. The first kappa shape index (κ1) is 16.1. The minimum absolute atomic E-state index is 0.0629. The van der Waals surface area contributed by atoms with Crippen LogP contribution >= 0.6 is 0 Å². The van der Waals surface area contributed by atoms with Gasteiger partial charge in [0.25, 0.3) is 5.91 Å². The van der Waals surface area contributed by atoms with Crippen LogP contribution in [0.1, 0.15) is 48.9 Å². The van der Waals surface area contributed by atoms with Crippen molar-refractivity contribution in [3.8, 4) is 0 Å². The quantitative estimate of drug-likeness (QED) is 0.822. The molecule has 26 heavy (non-hydrogen) atoms. The maximum Gasteiger partial charge on any atom is 0.256 e. The molecule has 0 saturated heterocycles. The number of aliphatic hydroxyl groups is 1. The Kier molecular flexibility index (Phi) is 3.39. The lowest BCUT2D eigenvalue weighted by Crippen LogP contribution is -2.66. The van der Waals surface area contributed by atoms with Gasteiger partial charge in [0.1, 0.15) is 0 Å². The van der Waals surface area contributed by atoms with Gasteiger partial charge in [-0.2, -0.15) is 0 Å². The largest absolute Gasteiger partial charge is 0.390 e. The van der Waals surface area contributed by atoms with E-state index in [1.165, 1.54) is 6.42 Å². The molecule has 2 N–H and O–H groups in total. The van der Waals surface area contributed by atoms with Crippen molar-refractivity contribution < 1.29 is 9.90 Å². The van der Waals surface area contributed by atoms with Crippen LogP contribution < -0.4 is 0 Å².